The maximum atomic E-state index is 11.7. The largest absolute Gasteiger partial charge is 0.326 e. The summed E-state index contributed by atoms with van der Waals surface area (Å²) in [4.78, 5) is 11.7. The molecule has 3 N–H and O–H groups in total. The number of anilines is 1. The van der Waals surface area contributed by atoms with E-state index < -0.39 is 5.54 Å². The van der Waals surface area contributed by atoms with Gasteiger partial charge in [-0.25, -0.2) is 0 Å². The maximum absolute atomic E-state index is 11.7. The Balaban J connectivity index is 2.73. The first kappa shape index (κ1) is 12.7. The van der Waals surface area contributed by atoms with Crippen LogP contribution >= 0.6 is 0 Å². The summed E-state index contributed by atoms with van der Waals surface area (Å²) in [6.45, 7) is 7.66. The van der Waals surface area contributed by atoms with Crippen molar-refractivity contribution in [3.63, 3.8) is 0 Å². The molecule has 0 fully saturated rings. The van der Waals surface area contributed by atoms with Gasteiger partial charge in [0.1, 0.15) is 0 Å². The number of rotatable bonds is 3. The van der Waals surface area contributed by atoms with Crippen LogP contribution in [0.5, 0.6) is 0 Å². The van der Waals surface area contributed by atoms with Gasteiger partial charge in [0.2, 0.25) is 5.91 Å². The predicted molar refractivity (Wildman–Crippen MR) is 67.4 cm³/mol. The third-order valence-electron chi connectivity index (χ3n) is 2.28. The maximum Gasteiger partial charge on any atom is 0.226 e. The van der Waals surface area contributed by atoms with Gasteiger partial charge < -0.3 is 11.1 Å². The molecule has 0 bridgehead atoms. The smallest absolute Gasteiger partial charge is 0.226 e. The molecular formula is C13H20N2O. The standard InChI is InChI=1S/C13H20N2O/c1-9-5-6-10(2)11(7-9)15-12(16)8-13(3,4)14/h5-7H,8,14H2,1-4H3,(H,15,16). The highest BCUT2D eigenvalue weighted by Gasteiger charge is 2.16. The first-order chi connectivity index (χ1) is 7.28. The fourth-order valence-electron chi connectivity index (χ4n) is 1.48. The zero-order valence-electron chi connectivity index (χ0n) is 10.4. The van der Waals surface area contributed by atoms with E-state index in [0.29, 0.717) is 6.42 Å². The molecule has 0 aliphatic carbocycles. The lowest BCUT2D eigenvalue weighted by Gasteiger charge is -2.18. The molecule has 0 spiro atoms. The highest BCUT2D eigenvalue weighted by molar-refractivity contribution is 5.92. The quantitative estimate of drug-likeness (QED) is 0.821. The normalized spacial score (nSPS) is 11.3. The number of nitrogens with two attached hydrogens (primary N) is 1. The molecule has 0 saturated carbocycles. The molecule has 16 heavy (non-hydrogen) atoms. The molecule has 0 aliphatic rings. The lowest BCUT2D eigenvalue weighted by molar-refractivity contribution is -0.117. The highest BCUT2D eigenvalue weighted by Crippen LogP contribution is 2.17. The van der Waals surface area contributed by atoms with E-state index in [1.807, 2.05) is 45.9 Å². The molecule has 1 amide bonds. The Labute approximate surface area is 97.0 Å². The van der Waals surface area contributed by atoms with Crippen LogP contribution in [0, 0.1) is 13.8 Å². The Morgan fingerprint density at radius 2 is 2.00 bits per heavy atom. The van der Waals surface area contributed by atoms with Gasteiger partial charge in [0.15, 0.2) is 0 Å². The Bertz CT molecular complexity index is 391. The molecular weight excluding hydrogens is 200 g/mol. The lowest BCUT2D eigenvalue weighted by atomic mass is 10.0. The lowest BCUT2D eigenvalue weighted by Crippen LogP contribution is -2.36. The van der Waals surface area contributed by atoms with Crippen molar-refractivity contribution in [3.05, 3.63) is 29.3 Å². The molecule has 1 aromatic carbocycles. The monoisotopic (exact) mass is 220 g/mol. The van der Waals surface area contributed by atoms with Gasteiger partial charge in [-0.15, -0.1) is 0 Å². The van der Waals surface area contributed by atoms with E-state index in [4.69, 9.17) is 5.73 Å². The number of amides is 1. The third-order valence-corrected chi connectivity index (χ3v) is 2.28. The number of carbonyl (C=O) groups is 1. The second-order valence-electron chi connectivity index (χ2n) is 5.03. The van der Waals surface area contributed by atoms with Crippen molar-refractivity contribution in [2.75, 3.05) is 5.32 Å². The van der Waals surface area contributed by atoms with Crippen molar-refractivity contribution in [1.29, 1.82) is 0 Å². The molecule has 1 rings (SSSR count). The van der Waals surface area contributed by atoms with Crippen molar-refractivity contribution in [2.24, 2.45) is 5.73 Å². The zero-order valence-corrected chi connectivity index (χ0v) is 10.4. The van der Waals surface area contributed by atoms with E-state index in [9.17, 15) is 4.79 Å². The minimum atomic E-state index is -0.470. The zero-order chi connectivity index (χ0) is 12.3. The molecule has 0 aromatic heterocycles. The van der Waals surface area contributed by atoms with Gasteiger partial charge in [-0.1, -0.05) is 12.1 Å². The molecule has 3 heteroatoms. The van der Waals surface area contributed by atoms with Crippen LogP contribution < -0.4 is 11.1 Å². The van der Waals surface area contributed by atoms with E-state index in [-0.39, 0.29) is 5.91 Å². The van der Waals surface area contributed by atoms with Crippen LogP contribution in [0.2, 0.25) is 0 Å². The van der Waals surface area contributed by atoms with Gasteiger partial charge in [-0.05, 0) is 44.9 Å². The minimum absolute atomic E-state index is 0.0406. The van der Waals surface area contributed by atoms with Crippen LogP contribution in [0.3, 0.4) is 0 Å². The van der Waals surface area contributed by atoms with E-state index >= 15 is 0 Å². The number of benzene rings is 1. The van der Waals surface area contributed by atoms with Gasteiger partial charge in [-0.3, -0.25) is 4.79 Å². The molecule has 0 saturated heterocycles. The van der Waals surface area contributed by atoms with Crippen LogP contribution in [-0.2, 0) is 4.79 Å². The van der Waals surface area contributed by atoms with Crippen molar-refractivity contribution >= 4 is 11.6 Å². The highest BCUT2D eigenvalue weighted by atomic mass is 16.1. The second kappa shape index (κ2) is 4.66. The van der Waals surface area contributed by atoms with Crippen LogP contribution in [0.1, 0.15) is 31.4 Å². The SMILES string of the molecule is Cc1ccc(C)c(NC(=O)CC(C)(C)N)c1. The average molecular weight is 220 g/mol. The molecule has 0 unspecified atom stereocenters. The molecule has 0 heterocycles. The van der Waals surface area contributed by atoms with Gasteiger partial charge in [0, 0.05) is 17.6 Å². The van der Waals surface area contributed by atoms with E-state index in [1.165, 1.54) is 0 Å². The van der Waals surface area contributed by atoms with Gasteiger partial charge in [0.25, 0.3) is 0 Å². The Hall–Kier alpha value is -1.35. The van der Waals surface area contributed by atoms with Crippen molar-refractivity contribution in [2.45, 2.75) is 39.7 Å². The molecule has 0 atom stereocenters. The minimum Gasteiger partial charge on any atom is -0.326 e. The number of hydrogen-bond donors (Lipinski definition) is 2. The summed E-state index contributed by atoms with van der Waals surface area (Å²) in [5, 5.41) is 2.89. The Kier molecular flexibility index (Phi) is 3.70. The summed E-state index contributed by atoms with van der Waals surface area (Å²) in [6.07, 6.45) is 0.320. The summed E-state index contributed by atoms with van der Waals surface area (Å²) < 4.78 is 0. The van der Waals surface area contributed by atoms with Crippen LogP contribution in [0.25, 0.3) is 0 Å². The van der Waals surface area contributed by atoms with Gasteiger partial charge in [-0.2, -0.15) is 0 Å². The number of carbonyl (C=O) groups excluding carboxylic acids is 1. The first-order valence-electron chi connectivity index (χ1n) is 5.44. The average Bonchev–Trinajstić information content (AvgIpc) is 2.08. The van der Waals surface area contributed by atoms with Gasteiger partial charge >= 0.3 is 0 Å². The van der Waals surface area contributed by atoms with Crippen LogP contribution in [-0.4, -0.2) is 11.4 Å². The molecule has 0 radical (unpaired) electrons. The van der Waals surface area contributed by atoms with Crippen molar-refractivity contribution in [3.8, 4) is 0 Å². The summed E-state index contributed by atoms with van der Waals surface area (Å²) >= 11 is 0. The van der Waals surface area contributed by atoms with Crippen molar-refractivity contribution < 1.29 is 4.79 Å². The summed E-state index contributed by atoms with van der Waals surface area (Å²) in [5.41, 5.74) is 8.39. The predicted octanol–water partition coefficient (Wildman–Crippen LogP) is 2.37. The molecule has 3 nitrogen and oxygen atoms in total. The Morgan fingerprint density at radius 1 is 1.38 bits per heavy atom. The number of nitrogens with one attached hydrogen (secondary N) is 1. The van der Waals surface area contributed by atoms with E-state index in [1.54, 1.807) is 0 Å². The van der Waals surface area contributed by atoms with E-state index in [0.717, 1.165) is 16.8 Å². The van der Waals surface area contributed by atoms with Crippen LogP contribution in [0.4, 0.5) is 5.69 Å². The fraction of sp³-hybridized carbons (Fsp3) is 0.462. The topological polar surface area (TPSA) is 55.1 Å². The van der Waals surface area contributed by atoms with Gasteiger partial charge in [0.05, 0.1) is 0 Å². The number of aryl methyl sites for hydroxylation is 2. The molecule has 0 aliphatic heterocycles. The summed E-state index contributed by atoms with van der Waals surface area (Å²) in [5.74, 6) is -0.0406. The van der Waals surface area contributed by atoms with Crippen molar-refractivity contribution in [1.82, 2.24) is 0 Å². The Morgan fingerprint density at radius 3 is 2.56 bits per heavy atom. The molecule has 88 valence electrons. The number of hydrogen-bond acceptors (Lipinski definition) is 2. The summed E-state index contributed by atoms with van der Waals surface area (Å²) in [6, 6.07) is 5.99. The fourth-order valence-corrected chi connectivity index (χ4v) is 1.48. The molecule has 1 aromatic rings. The van der Waals surface area contributed by atoms with E-state index in [2.05, 4.69) is 5.32 Å². The summed E-state index contributed by atoms with van der Waals surface area (Å²) in [7, 11) is 0. The second-order valence-corrected chi connectivity index (χ2v) is 5.03. The first-order valence-corrected chi connectivity index (χ1v) is 5.44. The van der Waals surface area contributed by atoms with Crippen LogP contribution in [0.15, 0.2) is 18.2 Å². The third kappa shape index (κ3) is 4.03.